The third-order valence-corrected chi connectivity index (χ3v) is 4.38. The summed E-state index contributed by atoms with van der Waals surface area (Å²) in [6, 6.07) is 1.62. The van der Waals surface area contributed by atoms with Gasteiger partial charge in [-0.2, -0.15) is 26.3 Å². The van der Waals surface area contributed by atoms with Crippen molar-refractivity contribution >= 4 is 6.09 Å². The second-order valence-electron chi connectivity index (χ2n) is 6.04. The molecule has 11 heteroatoms. The molecule has 1 N–H and O–H groups in total. The van der Waals surface area contributed by atoms with Gasteiger partial charge in [-0.1, -0.05) is 12.5 Å². The zero-order chi connectivity index (χ0) is 20.3. The molecule has 1 aromatic rings. The summed E-state index contributed by atoms with van der Waals surface area (Å²) in [6.45, 7) is 0.399. The van der Waals surface area contributed by atoms with Gasteiger partial charge in [0.2, 0.25) is 0 Å². The highest BCUT2D eigenvalue weighted by molar-refractivity contribution is 5.68. The quantitative estimate of drug-likeness (QED) is 0.772. The average Bonchev–Trinajstić information content (AvgIpc) is 2.58. The molecule has 1 aliphatic rings. The summed E-state index contributed by atoms with van der Waals surface area (Å²) in [7, 11) is 0. The maximum Gasteiger partial charge on any atom is 0.434 e. The van der Waals surface area contributed by atoms with Crippen LogP contribution in [0.3, 0.4) is 0 Å². The minimum Gasteiger partial charge on any atom is -0.450 e. The SMILES string of the molecule is CCOC(=O)NC(N1CCCCC1c1cccnc1)(C(F)(F)F)C(F)(F)F. The van der Waals surface area contributed by atoms with E-state index in [0.717, 1.165) is 5.32 Å². The number of nitrogens with zero attached hydrogens (tertiary/aromatic N) is 2. The van der Waals surface area contributed by atoms with E-state index in [-0.39, 0.29) is 29.9 Å². The van der Waals surface area contributed by atoms with Crippen molar-refractivity contribution in [3.05, 3.63) is 30.1 Å². The van der Waals surface area contributed by atoms with Crippen molar-refractivity contribution in [3.63, 3.8) is 0 Å². The molecule has 0 bridgehead atoms. The molecule has 1 atom stereocenters. The number of alkyl halides is 6. The number of aromatic nitrogens is 1. The fourth-order valence-electron chi connectivity index (χ4n) is 3.27. The van der Waals surface area contributed by atoms with Crippen LogP contribution in [0.5, 0.6) is 0 Å². The number of amides is 1. The standard InChI is InChI=1S/C16H19F6N3O2/c1-2-27-13(26)24-14(15(17,18)19,16(20,21)22)25-9-4-3-7-12(25)11-6-5-8-23-10-11/h5-6,8,10,12H,2-4,7,9H2,1H3,(H,24,26). The summed E-state index contributed by atoms with van der Waals surface area (Å²) in [6.07, 6.45) is -10.2. The molecular weight excluding hydrogens is 380 g/mol. The third-order valence-electron chi connectivity index (χ3n) is 4.38. The van der Waals surface area contributed by atoms with Crippen molar-refractivity contribution < 1.29 is 35.9 Å². The maximum atomic E-state index is 13.9. The lowest BCUT2D eigenvalue weighted by Crippen LogP contribution is -2.77. The predicted molar refractivity (Wildman–Crippen MR) is 82.5 cm³/mol. The van der Waals surface area contributed by atoms with Crippen molar-refractivity contribution in [2.24, 2.45) is 0 Å². The van der Waals surface area contributed by atoms with Crippen LogP contribution in [0.2, 0.25) is 0 Å². The molecular formula is C16H19F6N3O2. The molecule has 0 aliphatic carbocycles. The zero-order valence-corrected chi connectivity index (χ0v) is 14.4. The summed E-state index contributed by atoms with van der Waals surface area (Å²) in [5, 5.41) is 1.08. The predicted octanol–water partition coefficient (Wildman–Crippen LogP) is 4.18. The number of carbonyl (C=O) groups is 1. The lowest BCUT2D eigenvalue weighted by molar-refractivity contribution is -0.357. The first kappa shape index (κ1) is 21.3. The lowest BCUT2D eigenvalue weighted by atomic mass is 9.91. The first-order chi connectivity index (χ1) is 12.5. The fraction of sp³-hybridized carbons (Fsp3) is 0.625. The molecule has 0 radical (unpaired) electrons. The molecule has 1 amide bonds. The summed E-state index contributed by atoms with van der Waals surface area (Å²) in [5.74, 6) is 0. The van der Waals surface area contributed by atoms with E-state index >= 15 is 0 Å². The van der Waals surface area contributed by atoms with Crippen LogP contribution in [0.4, 0.5) is 31.1 Å². The number of carbonyl (C=O) groups excluding carboxylic acids is 1. The molecule has 1 aliphatic heterocycles. The Morgan fingerprint density at radius 3 is 2.44 bits per heavy atom. The van der Waals surface area contributed by atoms with Gasteiger partial charge in [0.1, 0.15) is 0 Å². The van der Waals surface area contributed by atoms with E-state index in [2.05, 4.69) is 9.72 Å². The molecule has 152 valence electrons. The van der Waals surface area contributed by atoms with Crippen molar-refractivity contribution in [1.29, 1.82) is 0 Å². The number of pyridine rings is 1. The highest BCUT2D eigenvalue weighted by Crippen LogP contribution is 2.50. The van der Waals surface area contributed by atoms with Crippen LogP contribution in [-0.2, 0) is 4.74 Å². The Labute approximate surface area is 151 Å². The largest absolute Gasteiger partial charge is 0.450 e. The molecule has 1 unspecified atom stereocenters. The molecule has 2 heterocycles. The third kappa shape index (κ3) is 4.12. The van der Waals surface area contributed by atoms with Crippen LogP contribution in [0.1, 0.15) is 37.8 Å². The van der Waals surface area contributed by atoms with E-state index < -0.39 is 36.7 Å². The van der Waals surface area contributed by atoms with E-state index in [1.807, 2.05) is 0 Å². The summed E-state index contributed by atoms with van der Waals surface area (Å²) < 4.78 is 87.7. The maximum absolute atomic E-state index is 13.9. The van der Waals surface area contributed by atoms with Crippen LogP contribution in [0.15, 0.2) is 24.5 Å². The van der Waals surface area contributed by atoms with Crippen LogP contribution in [0, 0.1) is 0 Å². The Balaban J connectivity index is 2.60. The van der Waals surface area contributed by atoms with Gasteiger partial charge in [0.05, 0.1) is 6.61 Å². The second-order valence-corrected chi connectivity index (χ2v) is 6.04. The Kier molecular flexibility index (Phi) is 6.23. The van der Waals surface area contributed by atoms with Crippen LogP contribution in [-0.4, -0.2) is 47.1 Å². The monoisotopic (exact) mass is 399 g/mol. The molecule has 2 rings (SSSR count). The van der Waals surface area contributed by atoms with E-state index in [0.29, 0.717) is 6.42 Å². The Morgan fingerprint density at radius 2 is 1.93 bits per heavy atom. The number of hydrogen-bond donors (Lipinski definition) is 1. The number of alkyl carbamates (subject to hydrolysis) is 1. The minimum atomic E-state index is -5.84. The highest BCUT2D eigenvalue weighted by atomic mass is 19.4. The Hall–Kier alpha value is -2.04. The number of hydrogen-bond acceptors (Lipinski definition) is 4. The van der Waals surface area contributed by atoms with Crippen molar-refractivity contribution in [2.45, 2.75) is 50.2 Å². The average molecular weight is 399 g/mol. The first-order valence-electron chi connectivity index (χ1n) is 8.29. The van der Waals surface area contributed by atoms with Crippen LogP contribution >= 0.6 is 0 Å². The molecule has 27 heavy (non-hydrogen) atoms. The van der Waals surface area contributed by atoms with E-state index in [1.165, 1.54) is 31.5 Å². The van der Waals surface area contributed by atoms with Crippen LogP contribution in [0.25, 0.3) is 0 Å². The summed E-state index contributed by atoms with van der Waals surface area (Å²) in [5.41, 5.74) is -4.37. The second kappa shape index (κ2) is 7.91. The number of likely N-dealkylation sites (tertiary alicyclic amines) is 1. The van der Waals surface area contributed by atoms with Crippen molar-refractivity contribution in [3.8, 4) is 0 Å². The fourth-order valence-corrected chi connectivity index (χ4v) is 3.27. The van der Waals surface area contributed by atoms with Gasteiger partial charge in [0, 0.05) is 25.0 Å². The number of rotatable bonds is 4. The van der Waals surface area contributed by atoms with Gasteiger partial charge in [-0.15, -0.1) is 0 Å². The van der Waals surface area contributed by atoms with Gasteiger partial charge < -0.3 is 4.74 Å². The topological polar surface area (TPSA) is 54.5 Å². The molecule has 5 nitrogen and oxygen atoms in total. The molecule has 0 aromatic carbocycles. The van der Waals surface area contributed by atoms with Gasteiger partial charge in [-0.05, 0) is 31.4 Å². The smallest absolute Gasteiger partial charge is 0.434 e. The summed E-state index contributed by atoms with van der Waals surface area (Å²) >= 11 is 0. The molecule has 0 saturated carbocycles. The van der Waals surface area contributed by atoms with Gasteiger partial charge >= 0.3 is 18.4 Å². The van der Waals surface area contributed by atoms with Crippen LogP contribution < -0.4 is 5.32 Å². The number of piperidine rings is 1. The summed E-state index contributed by atoms with van der Waals surface area (Å²) in [4.78, 5) is 15.7. The van der Waals surface area contributed by atoms with E-state index in [4.69, 9.17) is 0 Å². The van der Waals surface area contributed by atoms with Crippen molar-refractivity contribution in [1.82, 2.24) is 15.2 Å². The van der Waals surface area contributed by atoms with E-state index in [9.17, 15) is 31.1 Å². The number of halogens is 6. The first-order valence-corrected chi connectivity index (χ1v) is 8.29. The Morgan fingerprint density at radius 1 is 1.26 bits per heavy atom. The van der Waals surface area contributed by atoms with Gasteiger partial charge in [-0.3, -0.25) is 15.2 Å². The molecule has 0 spiro atoms. The highest BCUT2D eigenvalue weighted by Gasteiger charge is 2.76. The molecule has 1 aromatic heterocycles. The minimum absolute atomic E-state index is 0.0596. The van der Waals surface area contributed by atoms with Gasteiger partial charge in [-0.25, -0.2) is 4.79 Å². The number of ether oxygens (including phenoxy) is 1. The lowest BCUT2D eigenvalue weighted by Gasteiger charge is -2.50. The molecule has 1 fully saturated rings. The Bertz CT molecular complexity index is 621. The zero-order valence-electron chi connectivity index (χ0n) is 14.4. The van der Waals surface area contributed by atoms with Gasteiger partial charge in [0.25, 0.3) is 5.66 Å². The normalized spacial score (nSPS) is 19.6. The van der Waals surface area contributed by atoms with Gasteiger partial charge in [0.15, 0.2) is 0 Å². The number of nitrogens with one attached hydrogen (secondary N) is 1. The molecule has 1 saturated heterocycles. The van der Waals surface area contributed by atoms with E-state index in [1.54, 1.807) is 0 Å². The van der Waals surface area contributed by atoms with Crippen molar-refractivity contribution in [2.75, 3.05) is 13.2 Å².